The summed E-state index contributed by atoms with van der Waals surface area (Å²) in [4.78, 5) is 45.5. The number of hydrogen-bond acceptors (Lipinski definition) is 7. The molecule has 180 valence electrons. The smallest absolute Gasteiger partial charge is 0.429 e. The van der Waals surface area contributed by atoms with Crippen LogP contribution in [0.4, 0.5) is 10.6 Å². The minimum Gasteiger partial charge on any atom is -0.468 e. The summed E-state index contributed by atoms with van der Waals surface area (Å²) in [5, 5.41) is 3.71. The number of amides is 3. The predicted octanol–water partition coefficient (Wildman–Crippen LogP) is 4.86. The molecule has 0 fully saturated rings. The lowest BCUT2D eigenvalue weighted by molar-refractivity contribution is -0.743. The number of quaternary nitrogens is 1. The normalized spacial score (nSPS) is 16.9. The van der Waals surface area contributed by atoms with Gasteiger partial charge in [0.1, 0.15) is 17.1 Å². The molecule has 9 nitrogen and oxygen atoms in total. The van der Waals surface area contributed by atoms with E-state index >= 15 is 0 Å². The molecule has 0 saturated heterocycles. The molecule has 0 spiro atoms. The van der Waals surface area contributed by atoms with Crippen LogP contribution < -0.4 is 10.1 Å². The van der Waals surface area contributed by atoms with Gasteiger partial charge in [0.15, 0.2) is 5.82 Å². The van der Waals surface area contributed by atoms with Gasteiger partial charge in [0, 0.05) is 35.7 Å². The van der Waals surface area contributed by atoms with Crippen molar-refractivity contribution >= 4 is 47.4 Å². The Kier molecular flexibility index (Phi) is 7.30. The number of fused-ring (bicyclic) bond motifs is 1. The Morgan fingerprint density at radius 1 is 1.09 bits per heavy atom. The van der Waals surface area contributed by atoms with Gasteiger partial charge < -0.3 is 9.47 Å². The number of imide groups is 1. The summed E-state index contributed by atoms with van der Waals surface area (Å²) in [6.07, 6.45) is 5.04. The molecule has 0 bridgehead atoms. The molecule has 3 aromatic rings. The van der Waals surface area contributed by atoms with Gasteiger partial charge in [0.05, 0.1) is 37.6 Å². The quantitative estimate of drug-likeness (QED) is 0.246. The van der Waals surface area contributed by atoms with E-state index in [0.717, 1.165) is 5.56 Å². The number of aromatic nitrogens is 2. The summed E-state index contributed by atoms with van der Waals surface area (Å²) in [6.45, 7) is 0.545. The minimum atomic E-state index is -0.563. The van der Waals surface area contributed by atoms with Crippen molar-refractivity contribution in [2.45, 2.75) is 12.8 Å². The van der Waals surface area contributed by atoms with Crippen LogP contribution in [-0.2, 0) is 16.0 Å². The first kappa shape index (κ1) is 24.6. The summed E-state index contributed by atoms with van der Waals surface area (Å²) in [7, 11) is 1.52. The zero-order chi connectivity index (χ0) is 25.0. The van der Waals surface area contributed by atoms with Gasteiger partial charge in [0.25, 0.3) is 6.47 Å². The molecule has 0 aliphatic carbocycles. The molecule has 1 aromatic carbocycles. The number of carbonyl (C=O) groups excluding carboxylic acids is 3. The van der Waals surface area contributed by atoms with Crippen LogP contribution in [-0.4, -0.2) is 53.1 Å². The van der Waals surface area contributed by atoms with Crippen LogP contribution in [0.15, 0.2) is 48.9 Å². The van der Waals surface area contributed by atoms with Gasteiger partial charge in [-0.3, -0.25) is 15.1 Å². The number of hydrogen-bond donors (Lipinski definition) is 1. The zero-order valence-electron chi connectivity index (χ0n) is 18.7. The molecule has 1 aliphatic heterocycles. The van der Waals surface area contributed by atoms with E-state index in [1.54, 1.807) is 18.2 Å². The first-order valence-corrected chi connectivity index (χ1v) is 11.4. The van der Waals surface area contributed by atoms with Crippen molar-refractivity contribution < 1.29 is 28.3 Å². The third-order valence-corrected chi connectivity index (χ3v) is 6.08. The first-order chi connectivity index (χ1) is 16.8. The maximum absolute atomic E-state index is 13.8. The Morgan fingerprint density at radius 2 is 1.86 bits per heavy atom. The van der Waals surface area contributed by atoms with Gasteiger partial charge in [-0.1, -0.05) is 35.3 Å². The number of carbonyl (C=O) groups is 3. The van der Waals surface area contributed by atoms with Gasteiger partial charge in [0.2, 0.25) is 0 Å². The average molecular weight is 516 g/mol. The molecule has 3 heterocycles. The van der Waals surface area contributed by atoms with Crippen molar-refractivity contribution in [3.05, 3.63) is 75.7 Å². The van der Waals surface area contributed by atoms with Gasteiger partial charge in [-0.25, -0.2) is 14.6 Å². The number of ether oxygens (including phenoxy) is 2. The second-order valence-electron chi connectivity index (χ2n) is 8.04. The lowest BCUT2D eigenvalue weighted by Gasteiger charge is -2.33. The second-order valence-corrected chi connectivity index (χ2v) is 8.91. The predicted molar refractivity (Wildman–Crippen MR) is 129 cm³/mol. The van der Waals surface area contributed by atoms with E-state index in [-0.39, 0.29) is 24.5 Å². The molecule has 4 rings (SSSR count). The van der Waals surface area contributed by atoms with Crippen molar-refractivity contribution in [3.63, 3.8) is 0 Å². The fraction of sp³-hybridized carbons (Fsp3) is 0.208. The number of anilines is 1. The van der Waals surface area contributed by atoms with E-state index < -0.39 is 16.4 Å². The van der Waals surface area contributed by atoms with Crippen LogP contribution in [0.25, 0.3) is 0 Å². The Hall–Kier alpha value is -3.53. The van der Waals surface area contributed by atoms with Gasteiger partial charge in [-0.15, -0.1) is 0 Å². The molecule has 11 heteroatoms. The fourth-order valence-corrected chi connectivity index (χ4v) is 4.07. The molecule has 1 unspecified atom stereocenters. The van der Waals surface area contributed by atoms with Gasteiger partial charge in [-0.05, 0) is 17.7 Å². The zero-order valence-corrected chi connectivity index (χ0v) is 20.2. The molecule has 0 radical (unpaired) electrons. The lowest BCUT2D eigenvalue weighted by Crippen LogP contribution is -2.59. The molecule has 3 amide bonds. The van der Waals surface area contributed by atoms with E-state index in [1.807, 2.05) is 12.1 Å². The Morgan fingerprint density at radius 3 is 2.57 bits per heavy atom. The van der Waals surface area contributed by atoms with Crippen molar-refractivity contribution in [3.8, 4) is 11.5 Å². The maximum atomic E-state index is 13.8. The number of nitrogens with one attached hydrogen (secondary N) is 1. The summed E-state index contributed by atoms with van der Waals surface area (Å²) < 4.78 is 10.2. The summed E-state index contributed by atoms with van der Waals surface area (Å²) in [5.74, 6) is 0.400. The third kappa shape index (κ3) is 5.27. The SMILES string of the molecule is C[N+]1(CCCOC=O)C(=O)Nc2ncc(Oc3cncc(Cl)c3)c(Cc3ccc(Cl)cc3)c2C1=O. The molecular formula is C24H21Cl2N4O5+. The molecule has 1 aliphatic rings. The second kappa shape index (κ2) is 10.4. The van der Waals surface area contributed by atoms with Crippen molar-refractivity contribution in [2.75, 3.05) is 25.5 Å². The number of rotatable bonds is 9. The average Bonchev–Trinajstić information content (AvgIpc) is 2.83. The third-order valence-electron chi connectivity index (χ3n) is 5.62. The highest BCUT2D eigenvalue weighted by molar-refractivity contribution is 6.30. The van der Waals surface area contributed by atoms with Gasteiger partial charge >= 0.3 is 11.9 Å². The Balaban J connectivity index is 1.78. The van der Waals surface area contributed by atoms with Crippen LogP contribution in [0.5, 0.6) is 11.5 Å². The Labute approximate surface area is 211 Å². The summed E-state index contributed by atoms with van der Waals surface area (Å²) in [6, 6.07) is 8.27. The monoisotopic (exact) mass is 515 g/mol. The maximum Gasteiger partial charge on any atom is 0.429 e. The molecular weight excluding hydrogens is 495 g/mol. The number of halogens is 2. The number of nitrogens with zero attached hydrogens (tertiary/aromatic N) is 3. The van der Waals surface area contributed by atoms with Crippen LogP contribution in [0.2, 0.25) is 10.0 Å². The molecule has 35 heavy (non-hydrogen) atoms. The summed E-state index contributed by atoms with van der Waals surface area (Å²) >= 11 is 12.1. The van der Waals surface area contributed by atoms with E-state index in [9.17, 15) is 14.4 Å². The van der Waals surface area contributed by atoms with E-state index in [2.05, 4.69) is 15.3 Å². The highest BCUT2D eigenvalue weighted by Gasteiger charge is 2.48. The lowest BCUT2D eigenvalue weighted by atomic mass is 9.97. The molecule has 1 atom stereocenters. The largest absolute Gasteiger partial charge is 0.468 e. The molecule has 1 N–H and O–H groups in total. The van der Waals surface area contributed by atoms with E-state index in [4.69, 9.17) is 32.7 Å². The van der Waals surface area contributed by atoms with Crippen molar-refractivity contribution in [1.29, 1.82) is 0 Å². The number of pyridine rings is 2. The van der Waals surface area contributed by atoms with Crippen LogP contribution in [0.1, 0.15) is 27.9 Å². The van der Waals surface area contributed by atoms with Crippen molar-refractivity contribution in [2.24, 2.45) is 0 Å². The number of urea groups is 1. The highest BCUT2D eigenvalue weighted by Crippen LogP contribution is 2.37. The Bertz CT molecular complexity index is 1290. The first-order valence-electron chi connectivity index (χ1n) is 10.6. The van der Waals surface area contributed by atoms with Crippen LogP contribution >= 0.6 is 23.2 Å². The highest BCUT2D eigenvalue weighted by atomic mass is 35.5. The van der Waals surface area contributed by atoms with E-state index in [1.165, 1.54) is 25.6 Å². The van der Waals surface area contributed by atoms with Crippen LogP contribution in [0, 0.1) is 0 Å². The fourth-order valence-electron chi connectivity index (χ4n) is 3.78. The number of benzene rings is 1. The topological polar surface area (TPSA) is 107 Å². The molecule has 0 saturated carbocycles. The summed E-state index contributed by atoms with van der Waals surface area (Å²) in [5.41, 5.74) is 1.65. The minimum absolute atomic E-state index is 0.0888. The standard InChI is InChI=1S/C24H20Cl2N4O5/c1-30(7-2-8-34-14-31)23(32)21-19(9-15-3-5-16(25)6-4-15)20(13-28-22(21)29-24(30)33)35-18-10-17(26)11-27-12-18/h3-6,10-14H,2,7-9H2,1H3/p+1. The van der Waals surface area contributed by atoms with Gasteiger partial charge in [-0.2, -0.15) is 4.48 Å². The van der Waals surface area contributed by atoms with Crippen LogP contribution in [0.3, 0.4) is 0 Å². The molecule has 2 aromatic heterocycles. The van der Waals surface area contributed by atoms with E-state index in [0.29, 0.717) is 46.4 Å². The van der Waals surface area contributed by atoms with Crippen molar-refractivity contribution in [1.82, 2.24) is 9.97 Å².